The molecular weight excluding hydrogens is 320 g/mol. The quantitative estimate of drug-likeness (QED) is 0.866. The molecule has 1 amide bonds. The van der Waals surface area contributed by atoms with Gasteiger partial charge in [-0.1, -0.05) is 12.1 Å². The lowest BCUT2D eigenvalue weighted by Crippen LogP contribution is -2.33. The lowest BCUT2D eigenvalue weighted by atomic mass is 9.94. The number of aliphatic hydroxyl groups is 1. The second kappa shape index (κ2) is 7.13. The molecule has 0 aliphatic carbocycles. The highest BCUT2D eigenvalue weighted by Gasteiger charge is 2.29. The molecule has 1 aliphatic rings. The highest BCUT2D eigenvalue weighted by Crippen LogP contribution is 2.39. The lowest BCUT2D eigenvalue weighted by Gasteiger charge is -2.34. The SMILES string of the molecule is COc1ccc(OC)c2c1CN(Cc1ccc(C(N)=O)cc1)CC2O. The van der Waals surface area contributed by atoms with Crippen LogP contribution in [0.15, 0.2) is 36.4 Å². The van der Waals surface area contributed by atoms with Crippen molar-refractivity contribution in [2.24, 2.45) is 5.73 Å². The standard InChI is InChI=1S/C19H22N2O4/c1-24-16-7-8-17(25-2)18-14(16)10-21(11-15(18)22)9-12-3-5-13(6-4-12)19(20)23/h3-8,15,22H,9-11H2,1-2H3,(H2,20,23). The molecule has 3 N–H and O–H groups in total. The maximum absolute atomic E-state index is 11.2. The Kier molecular flexibility index (Phi) is 4.92. The number of hydrogen-bond acceptors (Lipinski definition) is 5. The Hall–Kier alpha value is -2.57. The predicted octanol–water partition coefficient (Wildman–Crippen LogP) is 1.85. The number of hydrogen-bond donors (Lipinski definition) is 2. The zero-order chi connectivity index (χ0) is 18.0. The summed E-state index contributed by atoms with van der Waals surface area (Å²) in [5.41, 5.74) is 8.53. The van der Waals surface area contributed by atoms with E-state index in [2.05, 4.69) is 4.90 Å². The summed E-state index contributed by atoms with van der Waals surface area (Å²) < 4.78 is 10.9. The number of nitrogens with zero attached hydrogens (tertiary/aromatic N) is 1. The van der Waals surface area contributed by atoms with E-state index in [0.29, 0.717) is 30.9 Å². The van der Waals surface area contributed by atoms with E-state index in [9.17, 15) is 9.90 Å². The molecule has 1 atom stereocenters. The molecule has 2 aromatic carbocycles. The van der Waals surface area contributed by atoms with Crippen LogP contribution in [0.1, 0.15) is 33.2 Å². The van der Waals surface area contributed by atoms with E-state index in [4.69, 9.17) is 15.2 Å². The first kappa shape index (κ1) is 17.3. The second-order valence-corrected chi connectivity index (χ2v) is 6.11. The van der Waals surface area contributed by atoms with E-state index in [1.165, 1.54) is 0 Å². The van der Waals surface area contributed by atoms with E-state index in [0.717, 1.165) is 22.4 Å². The minimum atomic E-state index is -0.654. The van der Waals surface area contributed by atoms with Gasteiger partial charge in [0.05, 0.1) is 20.3 Å². The van der Waals surface area contributed by atoms with Crippen LogP contribution in [0.5, 0.6) is 11.5 Å². The van der Waals surface area contributed by atoms with E-state index < -0.39 is 12.0 Å². The zero-order valence-corrected chi connectivity index (χ0v) is 14.4. The number of methoxy groups -OCH3 is 2. The summed E-state index contributed by atoms with van der Waals surface area (Å²) in [4.78, 5) is 13.3. The molecule has 0 fully saturated rings. The predicted molar refractivity (Wildman–Crippen MR) is 93.6 cm³/mol. The molecule has 1 heterocycles. The van der Waals surface area contributed by atoms with E-state index in [1.54, 1.807) is 26.4 Å². The fraction of sp³-hybridized carbons (Fsp3) is 0.316. The van der Waals surface area contributed by atoms with E-state index in [-0.39, 0.29) is 0 Å². The van der Waals surface area contributed by atoms with Crippen molar-refractivity contribution in [3.05, 3.63) is 58.7 Å². The van der Waals surface area contributed by atoms with Crippen LogP contribution < -0.4 is 15.2 Å². The third-order valence-electron chi connectivity index (χ3n) is 4.50. The van der Waals surface area contributed by atoms with Gasteiger partial charge in [-0.25, -0.2) is 0 Å². The van der Waals surface area contributed by atoms with Gasteiger partial charge in [0.25, 0.3) is 0 Å². The molecule has 132 valence electrons. The van der Waals surface area contributed by atoms with E-state index >= 15 is 0 Å². The van der Waals surface area contributed by atoms with Gasteiger partial charge in [0.2, 0.25) is 5.91 Å². The number of aliphatic hydroxyl groups excluding tert-OH is 1. The van der Waals surface area contributed by atoms with Crippen molar-refractivity contribution < 1.29 is 19.4 Å². The van der Waals surface area contributed by atoms with Gasteiger partial charge in [0.15, 0.2) is 0 Å². The summed E-state index contributed by atoms with van der Waals surface area (Å²) in [5, 5.41) is 10.6. The Labute approximate surface area is 146 Å². The van der Waals surface area contributed by atoms with Crippen LogP contribution in [0.4, 0.5) is 0 Å². The van der Waals surface area contributed by atoms with E-state index in [1.807, 2.05) is 24.3 Å². The van der Waals surface area contributed by atoms with Gasteiger partial charge in [-0.2, -0.15) is 0 Å². The van der Waals surface area contributed by atoms with Crippen molar-refractivity contribution in [3.8, 4) is 11.5 Å². The number of fused-ring (bicyclic) bond motifs is 1. The average Bonchev–Trinajstić information content (AvgIpc) is 2.61. The maximum Gasteiger partial charge on any atom is 0.248 e. The topological polar surface area (TPSA) is 85.0 Å². The molecule has 0 aromatic heterocycles. The highest BCUT2D eigenvalue weighted by atomic mass is 16.5. The van der Waals surface area contributed by atoms with Crippen molar-refractivity contribution >= 4 is 5.91 Å². The summed E-state index contributed by atoms with van der Waals surface area (Å²) in [5.74, 6) is 0.975. The molecule has 0 radical (unpaired) electrons. The van der Waals surface area contributed by atoms with Crippen molar-refractivity contribution in [3.63, 3.8) is 0 Å². The molecule has 6 heteroatoms. The second-order valence-electron chi connectivity index (χ2n) is 6.11. The third-order valence-corrected chi connectivity index (χ3v) is 4.50. The molecule has 25 heavy (non-hydrogen) atoms. The molecular formula is C19H22N2O4. The van der Waals surface area contributed by atoms with Crippen LogP contribution in [0, 0.1) is 0 Å². The Balaban J connectivity index is 1.84. The summed E-state index contributed by atoms with van der Waals surface area (Å²) in [6.45, 7) is 1.79. The third kappa shape index (κ3) is 3.45. The number of benzene rings is 2. The molecule has 0 saturated heterocycles. The Bertz CT molecular complexity index is 774. The Morgan fingerprint density at radius 1 is 1.16 bits per heavy atom. The van der Waals surface area contributed by atoms with Crippen LogP contribution in [0.3, 0.4) is 0 Å². The Morgan fingerprint density at radius 3 is 2.40 bits per heavy atom. The summed E-state index contributed by atoms with van der Waals surface area (Å²) in [7, 11) is 3.22. The molecule has 0 bridgehead atoms. The van der Waals surface area contributed by atoms with Gasteiger partial charge in [-0.05, 0) is 29.8 Å². The van der Waals surface area contributed by atoms with Gasteiger partial charge < -0.3 is 20.3 Å². The number of nitrogens with two attached hydrogens (primary N) is 1. The maximum atomic E-state index is 11.2. The van der Waals surface area contributed by atoms with Gasteiger partial charge in [-0.3, -0.25) is 9.69 Å². The molecule has 6 nitrogen and oxygen atoms in total. The fourth-order valence-corrected chi connectivity index (χ4v) is 3.30. The molecule has 2 aromatic rings. The van der Waals surface area contributed by atoms with Crippen molar-refractivity contribution in [1.82, 2.24) is 4.90 Å². The number of amides is 1. The molecule has 1 unspecified atom stereocenters. The van der Waals surface area contributed by atoms with Gasteiger partial charge in [0.1, 0.15) is 11.5 Å². The van der Waals surface area contributed by atoms with Crippen LogP contribution in [0.25, 0.3) is 0 Å². The number of β-amino-alcohol motifs (C(OH)–C–C–N with tert-alkyl or cyclic N) is 1. The lowest BCUT2D eigenvalue weighted by molar-refractivity contribution is 0.0843. The van der Waals surface area contributed by atoms with Crippen LogP contribution in [0.2, 0.25) is 0 Å². The monoisotopic (exact) mass is 342 g/mol. The molecule has 0 saturated carbocycles. The van der Waals surface area contributed by atoms with Crippen molar-refractivity contribution in [1.29, 1.82) is 0 Å². The minimum absolute atomic E-state index is 0.439. The Morgan fingerprint density at radius 2 is 1.80 bits per heavy atom. The number of carbonyl (C=O) groups excluding carboxylic acids is 1. The van der Waals surface area contributed by atoms with Gasteiger partial charge >= 0.3 is 0 Å². The first-order valence-electron chi connectivity index (χ1n) is 8.06. The summed E-state index contributed by atoms with van der Waals surface area (Å²) >= 11 is 0. The molecule has 0 spiro atoms. The minimum Gasteiger partial charge on any atom is -0.496 e. The fourth-order valence-electron chi connectivity index (χ4n) is 3.30. The van der Waals surface area contributed by atoms with Crippen LogP contribution >= 0.6 is 0 Å². The highest BCUT2D eigenvalue weighted by molar-refractivity contribution is 5.92. The molecule has 3 rings (SSSR count). The van der Waals surface area contributed by atoms with Gasteiger partial charge in [0, 0.05) is 36.3 Å². The smallest absolute Gasteiger partial charge is 0.248 e. The number of carbonyl (C=O) groups is 1. The van der Waals surface area contributed by atoms with Crippen LogP contribution in [-0.2, 0) is 13.1 Å². The number of primary amides is 1. The van der Waals surface area contributed by atoms with Crippen molar-refractivity contribution in [2.75, 3.05) is 20.8 Å². The van der Waals surface area contributed by atoms with Gasteiger partial charge in [-0.15, -0.1) is 0 Å². The first-order chi connectivity index (χ1) is 12.0. The summed E-state index contributed by atoms with van der Waals surface area (Å²) in [6, 6.07) is 10.9. The number of ether oxygens (including phenoxy) is 2. The van der Waals surface area contributed by atoms with Crippen molar-refractivity contribution in [2.45, 2.75) is 19.2 Å². The summed E-state index contributed by atoms with van der Waals surface area (Å²) in [6.07, 6.45) is -0.654. The van der Waals surface area contributed by atoms with Crippen LogP contribution in [-0.4, -0.2) is 36.7 Å². The first-order valence-corrected chi connectivity index (χ1v) is 8.06. The average molecular weight is 342 g/mol. The largest absolute Gasteiger partial charge is 0.496 e. The number of rotatable bonds is 5. The zero-order valence-electron chi connectivity index (χ0n) is 14.4. The normalized spacial score (nSPS) is 17.0. The molecule has 1 aliphatic heterocycles.